The predicted octanol–water partition coefficient (Wildman–Crippen LogP) is 1.28. The fourth-order valence-corrected chi connectivity index (χ4v) is 2.58. The monoisotopic (exact) mass is 262 g/mol. The van der Waals surface area contributed by atoms with Gasteiger partial charge in [-0.2, -0.15) is 4.37 Å². The zero-order valence-corrected chi connectivity index (χ0v) is 10.9. The van der Waals surface area contributed by atoms with Crippen molar-refractivity contribution < 1.29 is 0 Å². The molecule has 2 aromatic rings. The molecule has 1 aliphatic rings. The summed E-state index contributed by atoms with van der Waals surface area (Å²) in [5, 5.41) is 7.36. The van der Waals surface area contributed by atoms with Crippen LogP contribution < -0.4 is 10.6 Å². The first-order chi connectivity index (χ1) is 8.86. The molecule has 0 atom stereocenters. The van der Waals surface area contributed by atoms with Crippen LogP contribution in [0.5, 0.6) is 0 Å². The smallest absolute Gasteiger partial charge is 0.208 e. The van der Waals surface area contributed by atoms with Crippen LogP contribution in [0.4, 0.5) is 10.9 Å². The van der Waals surface area contributed by atoms with Crippen LogP contribution in [0.3, 0.4) is 0 Å². The number of hydrogen-bond acceptors (Lipinski definition) is 7. The molecule has 0 spiro atoms. The molecular formula is C11H14N6S. The first-order valence-electron chi connectivity index (χ1n) is 6.00. The van der Waals surface area contributed by atoms with Crippen LogP contribution in [0.1, 0.15) is 24.0 Å². The maximum absolute atomic E-state index is 4.39. The quantitative estimate of drug-likeness (QED) is 0.868. The van der Waals surface area contributed by atoms with Crippen molar-refractivity contribution in [3.63, 3.8) is 0 Å². The molecule has 0 unspecified atom stereocenters. The number of anilines is 2. The van der Waals surface area contributed by atoms with Gasteiger partial charge in [0.05, 0.1) is 5.69 Å². The number of fused-ring (bicyclic) bond motifs is 1. The molecular weight excluding hydrogens is 248 g/mol. The van der Waals surface area contributed by atoms with Crippen LogP contribution in [-0.4, -0.2) is 25.9 Å². The maximum Gasteiger partial charge on any atom is 0.208 e. The van der Waals surface area contributed by atoms with Crippen LogP contribution in [0.15, 0.2) is 6.33 Å². The zero-order chi connectivity index (χ0) is 12.4. The van der Waals surface area contributed by atoms with E-state index in [2.05, 4.69) is 30.0 Å². The highest BCUT2D eigenvalue weighted by atomic mass is 32.1. The Morgan fingerprint density at radius 3 is 3.22 bits per heavy atom. The van der Waals surface area contributed by atoms with Crippen LogP contribution in [0.25, 0.3) is 0 Å². The number of hydrogen-bond donors (Lipinski definition) is 2. The molecule has 3 heterocycles. The summed E-state index contributed by atoms with van der Waals surface area (Å²) >= 11 is 1.37. The van der Waals surface area contributed by atoms with Gasteiger partial charge < -0.3 is 10.6 Å². The van der Waals surface area contributed by atoms with E-state index >= 15 is 0 Å². The Balaban J connectivity index is 1.88. The minimum absolute atomic E-state index is 0.790. The van der Waals surface area contributed by atoms with Gasteiger partial charge in [-0.25, -0.2) is 15.0 Å². The number of rotatable bonds is 3. The summed E-state index contributed by atoms with van der Waals surface area (Å²) in [5.74, 6) is 1.70. The first kappa shape index (κ1) is 11.5. The minimum Gasteiger partial charge on any atom is -0.315 e. The SMILES string of the molecule is CCc1nsc(Nc2ncnc3c2CNCC3)n1. The first-order valence-corrected chi connectivity index (χ1v) is 6.77. The molecule has 1 aliphatic heterocycles. The molecule has 7 heteroatoms. The molecule has 18 heavy (non-hydrogen) atoms. The topological polar surface area (TPSA) is 75.6 Å². The van der Waals surface area contributed by atoms with Gasteiger partial charge in [-0.15, -0.1) is 0 Å². The molecule has 2 N–H and O–H groups in total. The van der Waals surface area contributed by atoms with Crippen molar-refractivity contribution in [2.75, 3.05) is 11.9 Å². The van der Waals surface area contributed by atoms with Crippen molar-refractivity contribution in [1.29, 1.82) is 0 Å². The van der Waals surface area contributed by atoms with E-state index in [4.69, 9.17) is 0 Å². The van der Waals surface area contributed by atoms with Gasteiger partial charge in [-0.3, -0.25) is 0 Å². The summed E-state index contributed by atoms with van der Waals surface area (Å²) in [5.41, 5.74) is 2.25. The van der Waals surface area contributed by atoms with E-state index in [-0.39, 0.29) is 0 Å². The van der Waals surface area contributed by atoms with E-state index in [0.29, 0.717) is 0 Å². The van der Waals surface area contributed by atoms with Gasteiger partial charge in [0.15, 0.2) is 0 Å². The molecule has 0 amide bonds. The fraction of sp³-hybridized carbons (Fsp3) is 0.455. The lowest BCUT2D eigenvalue weighted by molar-refractivity contribution is 0.627. The summed E-state index contributed by atoms with van der Waals surface area (Å²) in [6.07, 6.45) is 3.40. The van der Waals surface area contributed by atoms with Gasteiger partial charge in [0.1, 0.15) is 18.0 Å². The average molecular weight is 262 g/mol. The van der Waals surface area contributed by atoms with Crippen molar-refractivity contribution in [2.45, 2.75) is 26.3 Å². The van der Waals surface area contributed by atoms with E-state index in [1.54, 1.807) is 6.33 Å². The van der Waals surface area contributed by atoms with E-state index in [0.717, 1.165) is 54.0 Å². The van der Waals surface area contributed by atoms with Crippen molar-refractivity contribution >= 4 is 22.5 Å². The molecule has 0 radical (unpaired) electrons. The average Bonchev–Trinajstić information content (AvgIpc) is 2.87. The second kappa shape index (κ2) is 4.95. The van der Waals surface area contributed by atoms with E-state index in [1.807, 2.05) is 6.92 Å². The highest BCUT2D eigenvalue weighted by Crippen LogP contribution is 2.23. The standard InChI is InChI=1S/C11H14N6S/c1-2-9-15-11(18-17-9)16-10-7-5-12-4-3-8(7)13-6-14-10/h6,12H,2-5H2,1H3,(H,13,14,15,16,17). The number of aryl methyl sites for hydroxylation is 1. The summed E-state index contributed by atoms with van der Waals surface area (Å²) in [7, 11) is 0. The molecule has 6 nitrogen and oxygen atoms in total. The van der Waals surface area contributed by atoms with Crippen LogP contribution >= 0.6 is 11.5 Å². The van der Waals surface area contributed by atoms with Crippen molar-refractivity contribution in [2.24, 2.45) is 0 Å². The van der Waals surface area contributed by atoms with Crippen molar-refractivity contribution in [3.8, 4) is 0 Å². The van der Waals surface area contributed by atoms with Crippen LogP contribution in [-0.2, 0) is 19.4 Å². The number of nitrogens with zero attached hydrogens (tertiary/aromatic N) is 4. The van der Waals surface area contributed by atoms with Crippen molar-refractivity contribution in [3.05, 3.63) is 23.4 Å². The Hall–Kier alpha value is -1.60. The fourth-order valence-electron chi connectivity index (χ4n) is 1.93. The maximum atomic E-state index is 4.39. The Kier molecular flexibility index (Phi) is 3.16. The Labute approximate surface area is 109 Å². The second-order valence-electron chi connectivity index (χ2n) is 4.07. The molecule has 0 fully saturated rings. The number of aromatic nitrogens is 4. The Bertz CT molecular complexity index is 552. The van der Waals surface area contributed by atoms with Gasteiger partial charge in [0.25, 0.3) is 0 Å². The molecule has 0 bridgehead atoms. The summed E-state index contributed by atoms with van der Waals surface area (Å²) in [4.78, 5) is 13.0. The molecule has 0 aliphatic carbocycles. The molecule has 3 rings (SSSR count). The lowest BCUT2D eigenvalue weighted by Gasteiger charge is -2.18. The largest absolute Gasteiger partial charge is 0.315 e. The van der Waals surface area contributed by atoms with Gasteiger partial charge >= 0.3 is 0 Å². The van der Waals surface area contributed by atoms with Gasteiger partial charge in [-0.05, 0) is 0 Å². The molecule has 94 valence electrons. The molecule has 2 aromatic heterocycles. The summed E-state index contributed by atoms with van der Waals surface area (Å²) < 4.78 is 4.25. The van der Waals surface area contributed by atoms with E-state index in [1.165, 1.54) is 11.5 Å². The van der Waals surface area contributed by atoms with E-state index < -0.39 is 0 Å². The second-order valence-corrected chi connectivity index (χ2v) is 4.82. The van der Waals surface area contributed by atoms with Gasteiger partial charge in [-0.1, -0.05) is 6.92 Å². The lowest BCUT2D eigenvalue weighted by Crippen LogP contribution is -2.25. The lowest BCUT2D eigenvalue weighted by atomic mass is 10.1. The third-order valence-corrected chi connectivity index (χ3v) is 3.55. The zero-order valence-electron chi connectivity index (χ0n) is 10.1. The molecule has 0 saturated heterocycles. The molecule has 0 aromatic carbocycles. The van der Waals surface area contributed by atoms with Gasteiger partial charge in [0, 0.05) is 43.0 Å². The van der Waals surface area contributed by atoms with Gasteiger partial charge in [0.2, 0.25) is 5.13 Å². The van der Waals surface area contributed by atoms with Crippen LogP contribution in [0, 0.1) is 0 Å². The third kappa shape index (κ3) is 2.19. The van der Waals surface area contributed by atoms with E-state index in [9.17, 15) is 0 Å². The number of nitrogens with one attached hydrogen (secondary N) is 2. The normalized spacial score (nSPS) is 14.3. The Morgan fingerprint density at radius 1 is 1.44 bits per heavy atom. The Morgan fingerprint density at radius 2 is 2.39 bits per heavy atom. The third-order valence-electron chi connectivity index (χ3n) is 2.88. The van der Waals surface area contributed by atoms with Crippen molar-refractivity contribution in [1.82, 2.24) is 24.6 Å². The minimum atomic E-state index is 0.790. The predicted molar refractivity (Wildman–Crippen MR) is 70.0 cm³/mol. The highest BCUT2D eigenvalue weighted by Gasteiger charge is 2.16. The molecule has 0 saturated carbocycles. The van der Waals surface area contributed by atoms with Crippen LogP contribution in [0.2, 0.25) is 0 Å². The highest BCUT2D eigenvalue weighted by molar-refractivity contribution is 7.09. The summed E-state index contributed by atoms with van der Waals surface area (Å²) in [6.45, 7) is 3.82. The summed E-state index contributed by atoms with van der Waals surface area (Å²) in [6, 6.07) is 0.